The van der Waals surface area contributed by atoms with E-state index in [9.17, 15) is 0 Å². The molecule has 1 N–H and O–H groups in total. The number of rotatable bonds is 9. The third kappa shape index (κ3) is 5.87. The van der Waals surface area contributed by atoms with E-state index in [2.05, 4.69) is 16.4 Å². The molecule has 0 atom stereocenters. The quantitative estimate of drug-likeness (QED) is 0.333. The van der Waals surface area contributed by atoms with Gasteiger partial charge < -0.3 is 19.2 Å². The second-order valence-electron chi connectivity index (χ2n) is 7.02. The summed E-state index contributed by atoms with van der Waals surface area (Å²) in [5.41, 5.74) is 4.08. The van der Waals surface area contributed by atoms with Crippen LogP contribution in [0.1, 0.15) is 17.0 Å². The maximum absolute atomic E-state index is 6.05. The number of ether oxygens (including phenoxy) is 2. The number of benzene rings is 3. The van der Waals surface area contributed by atoms with E-state index in [0.717, 1.165) is 28.1 Å². The van der Waals surface area contributed by atoms with E-state index in [4.69, 9.17) is 25.5 Å². The number of nitrogens with one attached hydrogen (secondary N) is 1. The minimum atomic E-state index is 0.483. The molecule has 0 aliphatic carbocycles. The van der Waals surface area contributed by atoms with Crippen LogP contribution in [0, 0.1) is 0 Å². The summed E-state index contributed by atoms with van der Waals surface area (Å²) in [5, 5.41) is 4.01. The zero-order chi connectivity index (χ0) is 21.5. The summed E-state index contributed by atoms with van der Waals surface area (Å²) < 4.78 is 16.9. The van der Waals surface area contributed by atoms with Gasteiger partial charge in [-0.15, -0.1) is 0 Å². The number of oxazole rings is 1. The lowest BCUT2D eigenvalue weighted by atomic mass is 10.2. The summed E-state index contributed by atoms with van der Waals surface area (Å²) >= 11 is 6.05. The fourth-order valence-corrected chi connectivity index (χ4v) is 3.31. The fraction of sp³-hybridized carbons (Fsp3) is 0.160. The third-order valence-electron chi connectivity index (χ3n) is 4.73. The summed E-state index contributed by atoms with van der Waals surface area (Å²) in [5.74, 6) is 2.14. The molecule has 0 saturated heterocycles. The predicted molar refractivity (Wildman–Crippen MR) is 122 cm³/mol. The van der Waals surface area contributed by atoms with Crippen molar-refractivity contribution >= 4 is 17.3 Å². The van der Waals surface area contributed by atoms with Crippen LogP contribution >= 0.6 is 11.6 Å². The van der Waals surface area contributed by atoms with Crippen LogP contribution in [0.25, 0.3) is 11.3 Å². The molecule has 1 aromatic heterocycles. The van der Waals surface area contributed by atoms with Gasteiger partial charge in [-0.3, -0.25) is 0 Å². The Bertz CT molecular complexity index is 1130. The highest BCUT2D eigenvalue weighted by Crippen LogP contribution is 2.24. The first kappa shape index (κ1) is 21.0. The van der Waals surface area contributed by atoms with Crippen LogP contribution in [0.15, 0.2) is 83.4 Å². The third-order valence-corrected chi connectivity index (χ3v) is 4.97. The van der Waals surface area contributed by atoms with Crippen molar-refractivity contribution in [3.8, 4) is 17.1 Å². The van der Waals surface area contributed by atoms with Crippen LogP contribution in [0.3, 0.4) is 0 Å². The molecule has 0 saturated carbocycles. The van der Waals surface area contributed by atoms with Gasteiger partial charge in [0.25, 0.3) is 0 Å². The lowest BCUT2D eigenvalue weighted by molar-refractivity contribution is 0.107. The minimum absolute atomic E-state index is 0.483. The van der Waals surface area contributed by atoms with Crippen LogP contribution in [-0.2, 0) is 24.5 Å². The lowest BCUT2D eigenvalue weighted by Crippen LogP contribution is -2.00. The summed E-state index contributed by atoms with van der Waals surface area (Å²) in [6.07, 6.45) is 1.71. The monoisotopic (exact) mass is 434 g/mol. The van der Waals surface area contributed by atoms with E-state index < -0.39 is 0 Å². The molecule has 0 unspecified atom stereocenters. The van der Waals surface area contributed by atoms with Crippen LogP contribution in [0.4, 0.5) is 5.69 Å². The second-order valence-corrected chi connectivity index (χ2v) is 7.46. The normalized spacial score (nSPS) is 10.8. The van der Waals surface area contributed by atoms with E-state index in [1.54, 1.807) is 13.3 Å². The van der Waals surface area contributed by atoms with Gasteiger partial charge in [0.1, 0.15) is 5.75 Å². The maximum Gasteiger partial charge on any atom is 0.214 e. The van der Waals surface area contributed by atoms with Gasteiger partial charge in [0.05, 0.1) is 33.1 Å². The van der Waals surface area contributed by atoms with Crippen molar-refractivity contribution in [1.82, 2.24) is 4.98 Å². The Labute approximate surface area is 186 Å². The molecule has 0 bridgehead atoms. The Kier molecular flexibility index (Phi) is 6.87. The molecular formula is C25H23ClN2O3. The van der Waals surface area contributed by atoms with Crippen molar-refractivity contribution in [3.05, 3.63) is 101 Å². The predicted octanol–water partition coefficient (Wildman–Crippen LogP) is 6.33. The number of hydrogen-bond donors (Lipinski definition) is 1. The lowest BCUT2D eigenvalue weighted by Gasteiger charge is -2.08. The molecule has 5 nitrogen and oxygen atoms in total. The van der Waals surface area contributed by atoms with Crippen molar-refractivity contribution in [2.75, 3.05) is 12.4 Å². The number of halogens is 1. The number of methoxy groups -OCH3 is 1. The fourth-order valence-electron chi connectivity index (χ4n) is 3.12. The highest BCUT2D eigenvalue weighted by molar-refractivity contribution is 6.30. The van der Waals surface area contributed by atoms with E-state index in [1.807, 2.05) is 66.7 Å². The van der Waals surface area contributed by atoms with Gasteiger partial charge in [-0.25, -0.2) is 4.98 Å². The molecule has 0 radical (unpaired) electrons. The summed E-state index contributed by atoms with van der Waals surface area (Å²) in [6.45, 7) is 1.56. The summed E-state index contributed by atoms with van der Waals surface area (Å²) in [4.78, 5) is 4.35. The standard InChI is InChI=1S/C25H23ClN2O3/c1-29-23-10-8-18(9-11-23)16-30-17-19-4-2-7-22(12-19)27-15-25-28-14-24(31-25)20-5-3-6-21(26)13-20/h2-14,27H,15-17H2,1H3. The highest BCUT2D eigenvalue weighted by Gasteiger charge is 2.07. The van der Waals surface area contributed by atoms with Crippen molar-refractivity contribution in [1.29, 1.82) is 0 Å². The van der Waals surface area contributed by atoms with Gasteiger partial charge in [0.2, 0.25) is 5.89 Å². The molecule has 0 aliphatic heterocycles. The van der Waals surface area contributed by atoms with E-state index >= 15 is 0 Å². The molecule has 0 amide bonds. The van der Waals surface area contributed by atoms with Gasteiger partial charge in [-0.1, -0.05) is 48.0 Å². The highest BCUT2D eigenvalue weighted by atomic mass is 35.5. The summed E-state index contributed by atoms with van der Waals surface area (Å²) in [6, 6.07) is 23.5. The van der Waals surface area contributed by atoms with Gasteiger partial charge in [-0.2, -0.15) is 0 Å². The van der Waals surface area contributed by atoms with E-state index in [-0.39, 0.29) is 0 Å². The second kappa shape index (κ2) is 10.2. The average molecular weight is 435 g/mol. The zero-order valence-electron chi connectivity index (χ0n) is 17.2. The maximum atomic E-state index is 6.05. The van der Waals surface area contributed by atoms with Gasteiger partial charge in [0, 0.05) is 16.3 Å². The molecule has 1 heterocycles. The van der Waals surface area contributed by atoms with Gasteiger partial charge in [0.15, 0.2) is 5.76 Å². The smallest absolute Gasteiger partial charge is 0.214 e. The first-order valence-electron chi connectivity index (χ1n) is 9.94. The van der Waals surface area contributed by atoms with Crippen molar-refractivity contribution in [2.45, 2.75) is 19.8 Å². The number of nitrogens with zero attached hydrogens (tertiary/aromatic N) is 1. The Morgan fingerprint density at radius 2 is 1.74 bits per heavy atom. The Morgan fingerprint density at radius 3 is 2.55 bits per heavy atom. The average Bonchev–Trinajstić information content (AvgIpc) is 3.28. The van der Waals surface area contributed by atoms with E-state index in [1.165, 1.54) is 0 Å². The Morgan fingerprint density at radius 1 is 0.935 bits per heavy atom. The van der Waals surface area contributed by atoms with Crippen molar-refractivity contribution in [3.63, 3.8) is 0 Å². The molecule has 4 rings (SSSR count). The number of anilines is 1. The van der Waals surface area contributed by atoms with Crippen LogP contribution in [-0.4, -0.2) is 12.1 Å². The molecule has 3 aromatic carbocycles. The number of aromatic nitrogens is 1. The molecule has 0 aliphatic rings. The largest absolute Gasteiger partial charge is 0.497 e. The Hall–Kier alpha value is -3.28. The van der Waals surface area contributed by atoms with Gasteiger partial charge >= 0.3 is 0 Å². The van der Waals surface area contributed by atoms with Crippen molar-refractivity contribution < 1.29 is 13.9 Å². The van der Waals surface area contributed by atoms with Crippen LogP contribution < -0.4 is 10.1 Å². The minimum Gasteiger partial charge on any atom is -0.497 e. The molecule has 31 heavy (non-hydrogen) atoms. The van der Waals surface area contributed by atoms with E-state index in [0.29, 0.717) is 36.4 Å². The first-order valence-corrected chi connectivity index (χ1v) is 10.3. The SMILES string of the molecule is COc1ccc(COCc2cccc(NCc3ncc(-c4cccc(Cl)c4)o3)c2)cc1. The zero-order valence-corrected chi connectivity index (χ0v) is 17.9. The topological polar surface area (TPSA) is 56.5 Å². The molecule has 158 valence electrons. The summed E-state index contributed by atoms with van der Waals surface area (Å²) in [7, 11) is 1.66. The van der Waals surface area contributed by atoms with Crippen molar-refractivity contribution in [2.24, 2.45) is 0 Å². The number of hydrogen-bond acceptors (Lipinski definition) is 5. The molecule has 6 heteroatoms. The molecule has 4 aromatic rings. The van der Waals surface area contributed by atoms with Crippen LogP contribution in [0.2, 0.25) is 5.02 Å². The van der Waals surface area contributed by atoms with Gasteiger partial charge in [-0.05, 0) is 47.5 Å². The Balaban J connectivity index is 1.29. The first-order chi connectivity index (χ1) is 15.2. The molecule has 0 fully saturated rings. The molecule has 0 spiro atoms. The molecular weight excluding hydrogens is 412 g/mol. The van der Waals surface area contributed by atoms with Crippen LogP contribution in [0.5, 0.6) is 5.75 Å².